The Kier molecular flexibility index (Phi) is 4.35. The first-order chi connectivity index (χ1) is 11.3. The fraction of sp³-hybridized carbons (Fsp3) is 0.688. The number of anilines is 1. The first kappa shape index (κ1) is 15.1. The standard InChI is InChI=1S/C16H23ClN6/c17-14-13-12-18-23(11-10-21-6-2-1-3-7-21)15(13)20-16(19-14)22-8-4-5-9-22/h12H,1-11H2. The molecule has 2 aliphatic heterocycles. The van der Waals surface area contributed by atoms with Gasteiger partial charge in [-0.2, -0.15) is 10.1 Å². The van der Waals surface area contributed by atoms with Crippen molar-refractivity contribution in [3.05, 3.63) is 11.3 Å². The summed E-state index contributed by atoms with van der Waals surface area (Å²) in [5.41, 5.74) is 0.865. The minimum Gasteiger partial charge on any atom is -0.341 e. The quantitative estimate of drug-likeness (QED) is 0.804. The summed E-state index contributed by atoms with van der Waals surface area (Å²) in [5.74, 6) is 0.750. The molecule has 6 nitrogen and oxygen atoms in total. The van der Waals surface area contributed by atoms with E-state index in [1.165, 1.54) is 45.2 Å². The first-order valence-electron chi connectivity index (χ1n) is 8.67. The van der Waals surface area contributed by atoms with Crippen molar-refractivity contribution in [1.29, 1.82) is 0 Å². The number of aromatic nitrogens is 4. The van der Waals surface area contributed by atoms with Gasteiger partial charge in [0, 0.05) is 19.6 Å². The normalized spacial score (nSPS) is 19.8. The molecule has 0 bridgehead atoms. The van der Waals surface area contributed by atoms with Gasteiger partial charge in [0.2, 0.25) is 5.95 Å². The molecule has 0 amide bonds. The average Bonchev–Trinajstić information content (AvgIpc) is 3.24. The van der Waals surface area contributed by atoms with Crippen molar-refractivity contribution in [2.45, 2.75) is 38.6 Å². The molecule has 0 unspecified atom stereocenters. The van der Waals surface area contributed by atoms with Crippen LogP contribution in [0.4, 0.5) is 5.95 Å². The Morgan fingerprint density at radius 3 is 2.43 bits per heavy atom. The Morgan fingerprint density at radius 1 is 0.913 bits per heavy atom. The SMILES string of the molecule is Clc1nc(N2CCCC2)nc2c1cnn2CCN1CCCCC1. The van der Waals surface area contributed by atoms with Crippen LogP contribution in [-0.2, 0) is 6.54 Å². The summed E-state index contributed by atoms with van der Waals surface area (Å²) >= 11 is 6.36. The van der Waals surface area contributed by atoms with E-state index in [0.29, 0.717) is 5.15 Å². The van der Waals surface area contributed by atoms with E-state index in [2.05, 4.69) is 19.9 Å². The van der Waals surface area contributed by atoms with Gasteiger partial charge in [0.15, 0.2) is 5.65 Å². The van der Waals surface area contributed by atoms with E-state index in [-0.39, 0.29) is 0 Å². The molecule has 23 heavy (non-hydrogen) atoms. The highest BCUT2D eigenvalue weighted by atomic mass is 35.5. The molecule has 124 valence electrons. The van der Waals surface area contributed by atoms with Crippen LogP contribution in [0.3, 0.4) is 0 Å². The van der Waals surface area contributed by atoms with Crippen LogP contribution in [-0.4, -0.2) is 57.4 Å². The molecule has 7 heteroatoms. The van der Waals surface area contributed by atoms with E-state index in [1.54, 1.807) is 6.20 Å². The molecule has 0 atom stereocenters. The molecular formula is C16H23ClN6. The number of fused-ring (bicyclic) bond motifs is 1. The van der Waals surface area contributed by atoms with Gasteiger partial charge in [-0.25, -0.2) is 9.67 Å². The summed E-state index contributed by atoms with van der Waals surface area (Å²) in [6.07, 6.45) is 8.19. The van der Waals surface area contributed by atoms with Crippen LogP contribution in [0.2, 0.25) is 5.15 Å². The third-order valence-corrected chi connectivity index (χ3v) is 5.19. The highest BCUT2D eigenvalue weighted by Crippen LogP contribution is 2.25. The van der Waals surface area contributed by atoms with Crippen LogP contribution in [0.5, 0.6) is 0 Å². The van der Waals surface area contributed by atoms with E-state index in [0.717, 1.165) is 43.2 Å². The van der Waals surface area contributed by atoms with E-state index < -0.39 is 0 Å². The molecule has 0 aromatic carbocycles. The Labute approximate surface area is 141 Å². The van der Waals surface area contributed by atoms with Crippen LogP contribution in [0, 0.1) is 0 Å². The molecule has 0 spiro atoms. The van der Waals surface area contributed by atoms with Crippen molar-refractivity contribution in [2.75, 3.05) is 37.6 Å². The topological polar surface area (TPSA) is 50.1 Å². The highest BCUT2D eigenvalue weighted by Gasteiger charge is 2.19. The van der Waals surface area contributed by atoms with Gasteiger partial charge in [0.05, 0.1) is 18.1 Å². The summed E-state index contributed by atoms with van der Waals surface area (Å²) in [5, 5.41) is 5.86. The molecular weight excluding hydrogens is 312 g/mol. The molecule has 0 N–H and O–H groups in total. The zero-order valence-electron chi connectivity index (χ0n) is 13.4. The molecule has 2 saturated heterocycles. The van der Waals surface area contributed by atoms with Gasteiger partial charge in [-0.1, -0.05) is 18.0 Å². The molecule has 2 aliphatic rings. The number of likely N-dealkylation sites (tertiary alicyclic amines) is 1. The minimum atomic E-state index is 0.515. The Balaban J connectivity index is 1.56. The summed E-state index contributed by atoms with van der Waals surface area (Å²) in [6.45, 7) is 6.32. The Morgan fingerprint density at radius 2 is 1.65 bits per heavy atom. The van der Waals surface area contributed by atoms with Gasteiger partial charge in [0.25, 0.3) is 0 Å². The predicted molar refractivity (Wildman–Crippen MR) is 92.1 cm³/mol. The molecule has 0 aliphatic carbocycles. The molecule has 4 heterocycles. The lowest BCUT2D eigenvalue weighted by atomic mass is 10.1. The minimum absolute atomic E-state index is 0.515. The molecule has 4 rings (SSSR count). The van der Waals surface area contributed by atoms with Gasteiger partial charge in [0.1, 0.15) is 5.15 Å². The van der Waals surface area contributed by atoms with Crippen LogP contribution in [0.15, 0.2) is 6.20 Å². The maximum absolute atomic E-state index is 6.36. The number of piperidine rings is 1. The monoisotopic (exact) mass is 334 g/mol. The van der Waals surface area contributed by atoms with Crippen LogP contribution >= 0.6 is 11.6 Å². The maximum atomic E-state index is 6.36. The second kappa shape index (κ2) is 6.61. The van der Waals surface area contributed by atoms with E-state index in [4.69, 9.17) is 16.6 Å². The maximum Gasteiger partial charge on any atom is 0.228 e. The number of nitrogens with zero attached hydrogens (tertiary/aromatic N) is 6. The van der Waals surface area contributed by atoms with Crippen molar-refractivity contribution in [3.8, 4) is 0 Å². The van der Waals surface area contributed by atoms with E-state index >= 15 is 0 Å². The summed E-state index contributed by atoms with van der Waals surface area (Å²) in [6, 6.07) is 0. The second-order valence-electron chi connectivity index (χ2n) is 6.52. The van der Waals surface area contributed by atoms with Crippen LogP contribution in [0.25, 0.3) is 11.0 Å². The van der Waals surface area contributed by atoms with Crippen LogP contribution < -0.4 is 4.90 Å². The zero-order valence-corrected chi connectivity index (χ0v) is 14.2. The van der Waals surface area contributed by atoms with E-state index in [1.807, 2.05) is 4.68 Å². The lowest BCUT2D eigenvalue weighted by Crippen LogP contribution is -2.32. The first-order valence-corrected chi connectivity index (χ1v) is 9.05. The van der Waals surface area contributed by atoms with Gasteiger partial charge in [-0.05, 0) is 38.8 Å². The van der Waals surface area contributed by atoms with Crippen molar-refractivity contribution in [2.24, 2.45) is 0 Å². The third kappa shape index (κ3) is 3.15. The van der Waals surface area contributed by atoms with Gasteiger partial charge < -0.3 is 9.80 Å². The fourth-order valence-electron chi connectivity index (χ4n) is 3.55. The molecule has 0 saturated carbocycles. The smallest absolute Gasteiger partial charge is 0.228 e. The lowest BCUT2D eigenvalue weighted by molar-refractivity contribution is 0.219. The number of hydrogen-bond acceptors (Lipinski definition) is 5. The summed E-state index contributed by atoms with van der Waals surface area (Å²) in [4.78, 5) is 13.9. The van der Waals surface area contributed by atoms with Crippen molar-refractivity contribution in [1.82, 2.24) is 24.6 Å². The second-order valence-corrected chi connectivity index (χ2v) is 6.87. The van der Waals surface area contributed by atoms with Crippen LogP contribution in [0.1, 0.15) is 32.1 Å². The van der Waals surface area contributed by atoms with Gasteiger partial charge in [-0.15, -0.1) is 0 Å². The Bertz CT molecular complexity index is 673. The average molecular weight is 335 g/mol. The van der Waals surface area contributed by atoms with E-state index in [9.17, 15) is 0 Å². The molecule has 2 aromatic heterocycles. The molecule has 2 aromatic rings. The van der Waals surface area contributed by atoms with Crippen molar-refractivity contribution >= 4 is 28.6 Å². The zero-order chi connectivity index (χ0) is 15.6. The highest BCUT2D eigenvalue weighted by molar-refractivity contribution is 6.34. The number of rotatable bonds is 4. The number of halogens is 1. The summed E-state index contributed by atoms with van der Waals surface area (Å²) < 4.78 is 1.98. The van der Waals surface area contributed by atoms with Crippen molar-refractivity contribution in [3.63, 3.8) is 0 Å². The fourth-order valence-corrected chi connectivity index (χ4v) is 3.76. The molecule has 2 fully saturated rings. The van der Waals surface area contributed by atoms with Gasteiger partial charge in [-0.3, -0.25) is 0 Å². The third-order valence-electron chi connectivity index (χ3n) is 4.90. The Hall–Kier alpha value is -1.40. The van der Waals surface area contributed by atoms with Gasteiger partial charge >= 0.3 is 0 Å². The largest absolute Gasteiger partial charge is 0.341 e. The van der Waals surface area contributed by atoms with Crippen molar-refractivity contribution < 1.29 is 0 Å². The summed E-state index contributed by atoms with van der Waals surface area (Å²) in [7, 11) is 0. The predicted octanol–water partition coefficient (Wildman–Crippen LogP) is 2.57. The number of hydrogen-bond donors (Lipinski definition) is 0. The molecule has 0 radical (unpaired) electrons. The lowest BCUT2D eigenvalue weighted by Gasteiger charge is -2.26.